The number of allylic oxidation sites excluding steroid dienone is 3. The molecule has 0 radical (unpaired) electrons. The van der Waals surface area contributed by atoms with E-state index in [-0.39, 0.29) is 11.9 Å². The van der Waals surface area contributed by atoms with E-state index in [2.05, 4.69) is 10.4 Å². The van der Waals surface area contributed by atoms with Gasteiger partial charge in [-0.2, -0.15) is 4.31 Å². The van der Waals surface area contributed by atoms with Gasteiger partial charge in [0.05, 0.1) is 9.93 Å². The van der Waals surface area contributed by atoms with Crippen molar-refractivity contribution in [1.29, 1.82) is 0 Å². The Morgan fingerprint density at radius 3 is 2.27 bits per heavy atom. The molecular formula is C25H28ClFN2O2S2. The third kappa shape index (κ3) is 5.65. The summed E-state index contributed by atoms with van der Waals surface area (Å²) in [6.07, 6.45) is 8.22. The van der Waals surface area contributed by atoms with Crippen molar-refractivity contribution in [3.8, 4) is 0 Å². The Hall–Kier alpha value is -1.80. The quantitative estimate of drug-likeness (QED) is 0.402. The lowest BCUT2D eigenvalue weighted by atomic mass is 10.1. The van der Waals surface area contributed by atoms with Crippen LogP contribution in [0.25, 0.3) is 0 Å². The monoisotopic (exact) mass is 506 g/mol. The van der Waals surface area contributed by atoms with Gasteiger partial charge in [0.25, 0.3) is 0 Å². The Morgan fingerprint density at radius 1 is 1.03 bits per heavy atom. The lowest BCUT2D eigenvalue weighted by Gasteiger charge is -2.39. The van der Waals surface area contributed by atoms with Crippen molar-refractivity contribution in [2.45, 2.75) is 50.0 Å². The molecule has 0 atom stereocenters. The summed E-state index contributed by atoms with van der Waals surface area (Å²) in [6, 6.07) is 13.7. The van der Waals surface area contributed by atoms with Crippen molar-refractivity contribution in [1.82, 2.24) is 4.31 Å². The molecule has 33 heavy (non-hydrogen) atoms. The predicted molar refractivity (Wildman–Crippen MR) is 135 cm³/mol. The maximum atomic E-state index is 13.6. The van der Waals surface area contributed by atoms with Crippen molar-refractivity contribution in [3.05, 3.63) is 82.0 Å². The van der Waals surface area contributed by atoms with Gasteiger partial charge < -0.3 is 4.31 Å². The normalized spacial score (nSPS) is 18.0. The number of hydrogen-bond acceptors (Lipinski definition) is 4. The van der Waals surface area contributed by atoms with Crippen molar-refractivity contribution in [2.24, 2.45) is 0 Å². The first-order valence-electron chi connectivity index (χ1n) is 11.3. The molecule has 1 heterocycles. The van der Waals surface area contributed by atoms with Crippen LogP contribution in [0.5, 0.6) is 0 Å². The van der Waals surface area contributed by atoms with Gasteiger partial charge >= 0.3 is 0 Å². The number of piperidine rings is 1. The van der Waals surface area contributed by atoms with Crippen LogP contribution in [0.4, 0.5) is 10.1 Å². The minimum absolute atomic E-state index is 0.0988. The Kier molecular flexibility index (Phi) is 7.84. The van der Waals surface area contributed by atoms with E-state index in [4.69, 9.17) is 11.6 Å². The van der Waals surface area contributed by atoms with Crippen LogP contribution < -0.4 is 4.31 Å². The molecule has 4 rings (SSSR count). The Morgan fingerprint density at radius 2 is 1.67 bits per heavy atom. The zero-order valence-corrected chi connectivity index (χ0v) is 21.0. The van der Waals surface area contributed by atoms with Gasteiger partial charge in [0.2, 0.25) is 10.0 Å². The maximum absolute atomic E-state index is 13.6. The fourth-order valence-corrected chi connectivity index (χ4v) is 7.02. The molecule has 4 nitrogen and oxygen atoms in total. The summed E-state index contributed by atoms with van der Waals surface area (Å²) >= 11 is 8.00. The first-order chi connectivity index (χ1) is 15.9. The van der Waals surface area contributed by atoms with Gasteiger partial charge in [0, 0.05) is 29.7 Å². The van der Waals surface area contributed by atoms with E-state index in [1.165, 1.54) is 12.1 Å². The molecule has 1 saturated heterocycles. The van der Waals surface area contributed by atoms with Gasteiger partial charge in [0.1, 0.15) is 5.82 Å². The second kappa shape index (κ2) is 10.6. The molecule has 0 aromatic heterocycles. The minimum atomic E-state index is -3.53. The highest BCUT2D eigenvalue weighted by Gasteiger charge is 2.33. The number of hydrogen-bond donors (Lipinski definition) is 0. The zero-order chi connectivity index (χ0) is 23.4. The molecule has 1 aliphatic heterocycles. The van der Waals surface area contributed by atoms with Gasteiger partial charge in [-0.1, -0.05) is 42.8 Å². The fraction of sp³-hybridized carbons (Fsp3) is 0.360. The van der Waals surface area contributed by atoms with E-state index in [1.54, 1.807) is 40.5 Å². The lowest BCUT2D eigenvalue weighted by molar-refractivity contribution is 0.323. The zero-order valence-electron chi connectivity index (χ0n) is 18.6. The van der Waals surface area contributed by atoms with Crippen molar-refractivity contribution in [2.75, 3.05) is 17.4 Å². The van der Waals surface area contributed by atoms with Crippen molar-refractivity contribution < 1.29 is 12.8 Å². The molecule has 1 fully saturated rings. The highest BCUT2D eigenvalue weighted by Crippen LogP contribution is 2.40. The minimum Gasteiger partial charge on any atom is -0.309 e. The second-order valence-corrected chi connectivity index (χ2v) is 11.6. The van der Waals surface area contributed by atoms with E-state index < -0.39 is 10.0 Å². The molecule has 2 aromatic carbocycles. The third-order valence-corrected chi connectivity index (χ3v) is 9.73. The number of rotatable bonds is 7. The van der Waals surface area contributed by atoms with Crippen LogP contribution in [0.3, 0.4) is 0 Å². The topological polar surface area (TPSA) is 40.6 Å². The highest BCUT2D eigenvalue weighted by atomic mass is 35.5. The molecule has 2 aromatic rings. The standard InChI is InChI=1S/C25H28ClFN2O2S2/c1-2-19-7-13-23(14-8-19)33(30,31)28-17-15-22(16-18-28)29(21-11-9-20(27)10-12-21)32-25-6-4-3-5-24(25)26/h5-14,22H,2-4,15-18H2,1H3. The van der Waals surface area contributed by atoms with E-state index in [0.29, 0.717) is 30.8 Å². The van der Waals surface area contributed by atoms with Gasteiger partial charge in [0.15, 0.2) is 0 Å². The van der Waals surface area contributed by atoms with Crippen molar-refractivity contribution >= 4 is 39.3 Å². The number of benzene rings is 2. The van der Waals surface area contributed by atoms with E-state index in [1.807, 2.05) is 25.1 Å². The molecule has 0 amide bonds. The van der Waals surface area contributed by atoms with Crippen LogP contribution in [-0.4, -0.2) is 31.9 Å². The Labute approximate surface area is 205 Å². The molecule has 2 aliphatic rings. The lowest BCUT2D eigenvalue weighted by Crippen LogP contribution is -2.44. The molecular weight excluding hydrogens is 479 g/mol. The molecule has 0 bridgehead atoms. The molecule has 176 valence electrons. The third-order valence-electron chi connectivity index (χ3n) is 6.06. The average Bonchev–Trinajstić information content (AvgIpc) is 2.84. The first kappa shape index (κ1) is 24.3. The summed E-state index contributed by atoms with van der Waals surface area (Å²) in [5.74, 6) is -0.284. The van der Waals surface area contributed by atoms with E-state index in [9.17, 15) is 12.8 Å². The van der Waals surface area contributed by atoms with Crippen LogP contribution >= 0.6 is 23.5 Å². The Balaban J connectivity index is 1.51. The first-order valence-corrected chi connectivity index (χ1v) is 13.9. The molecule has 8 heteroatoms. The molecule has 0 unspecified atom stereocenters. The van der Waals surface area contributed by atoms with Gasteiger partial charge in [-0.25, -0.2) is 12.8 Å². The van der Waals surface area contributed by atoms with Crippen LogP contribution in [0, 0.1) is 5.82 Å². The van der Waals surface area contributed by atoms with Gasteiger partial charge in [-0.05, 0) is 86.0 Å². The number of sulfonamides is 1. The largest absolute Gasteiger partial charge is 0.309 e. The summed E-state index contributed by atoms with van der Waals surface area (Å²) < 4.78 is 43.6. The predicted octanol–water partition coefficient (Wildman–Crippen LogP) is 6.50. The van der Waals surface area contributed by atoms with Gasteiger partial charge in [-0.3, -0.25) is 0 Å². The summed E-state index contributed by atoms with van der Waals surface area (Å²) in [6.45, 7) is 2.91. The molecule has 0 N–H and O–H groups in total. The molecule has 0 spiro atoms. The number of halogens is 2. The summed E-state index contributed by atoms with van der Waals surface area (Å²) in [5, 5.41) is 0.730. The number of anilines is 1. The van der Waals surface area contributed by atoms with E-state index in [0.717, 1.165) is 40.5 Å². The number of nitrogens with zero attached hydrogens (tertiary/aromatic N) is 2. The maximum Gasteiger partial charge on any atom is 0.243 e. The fourth-order valence-electron chi connectivity index (χ4n) is 4.10. The second-order valence-electron chi connectivity index (χ2n) is 8.22. The molecule has 1 aliphatic carbocycles. The number of aryl methyl sites for hydroxylation is 1. The van der Waals surface area contributed by atoms with Crippen LogP contribution in [0.1, 0.15) is 38.2 Å². The Bertz CT molecular complexity index is 1120. The summed E-state index contributed by atoms with van der Waals surface area (Å²) in [7, 11) is -3.53. The summed E-state index contributed by atoms with van der Waals surface area (Å²) in [4.78, 5) is 1.32. The van der Waals surface area contributed by atoms with Crippen molar-refractivity contribution in [3.63, 3.8) is 0 Å². The van der Waals surface area contributed by atoms with Crippen LogP contribution in [-0.2, 0) is 16.4 Å². The van der Waals surface area contributed by atoms with Crippen LogP contribution in [0.2, 0.25) is 0 Å². The summed E-state index contributed by atoms with van der Waals surface area (Å²) in [5.41, 5.74) is 2.00. The SMILES string of the molecule is CCc1ccc(S(=O)(=O)N2CCC(N(SC3=CCCC=C3Cl)c3ccc(F)cc3)CC2)cc1. The van der Waals surface area contributed by atoms with Crippen LogP contribution in [0.15, 0.2) is 75.5 Å². The van der Waals surface area contributed by atoms with E-state index >= 15 is 0 Å². The molecule has 0 saturated carbocycles. The van der Waals surface area contributed by atoms with Gasteiger partial charge in [-0.15, -0.1) is 0 Å². The smallest absolute Gasteiger partial charge is 0.243 e. The average molecular weight is 507 g/mol. The highest BCUT2D eigenvalue weighted by molar-refractivity contribution is 8.04.